The number of ketones is 1. The molecule has 0 saturated heterocycles. The summed E-state index contributed by atoms with van der Waals surface area (Å²) in [5.74, 6) is -0.681. The van der Waals surface area contributed by atoms with Gasteiger partial charge in [-0.3, -0.25) is 4.79 Å². The fourth-order valence-corrected chi connectivity index (χ4v) is 1.43. The number of hydrogen-bond donors (Lipinski definition) is 1. The van der Waals surface area contributed by atoms with Gasteiger partial charge in [-0.05, 0) is 31.5 Å². The summed E-state index contributed by atoms with van der Waals surface area (Å²) in [6, 6.07) is 2.28. The lowest BCUT2D eigenvalue weighted by Crippen LogP contribution is -2.14. The van der Waals surface area contributed by atoms with Crippen molar-refractivity contribution in [3.05, 3.63) is 28.8 Å². The molecule has 0 atom stereocenters. The fourth-order valence-electron chi connectivity index (χ4n) is 1.43. The third kappa shape index (κ3) is 2.29. The molecule has 0 amide bonds. The number of Topliss-reactive ketones (excluding diaryl/α,β-unsaturated/α-hetero) is 1. The van der Waals surface area contributed by atoms with Gasteiger partial charge >= 0.3 is 6.18 Å². The number of benzene rings is 1. The van der Waals surface area contributed by atoms with Gasteiger partial charge in [0.2, 0.25) is 0 Å². The molecule has 0 fully saturated rings. The summed E-state index contributed by atoms with van der Waals surface area (Å²) in [5.41, 5.74) is 4.23. The lowest BCUT2D eigenvalue weighted by Gasteiger charge is -2.13. The van der Waals surface area contributed by atoms with Crippen LogP contribution in [0.15, 0.2) is 12.1 Å². The van der Waals surface area contributed by atoms with Crippen LogP contribution in [-0.2, 0) is 6.18 Å². The Bertz CT molecular complexity index is 410. The highest BCUT2D eigenvalue weighted by Crippen LogP contribution is 2.35. The molecule has 82 valence electrons. The molecule has 2 nitrogen and oxygen atoms in total. The number of hydrogen-bond acceptors (Lipinski definition) is 2. The van der Waals surface area contributed by atoms with E-state index in [4.69, 9.17) is 5.73 Å². The molecule has 0 aliphatic heterocycles. The van der Waals surface area contributed by atoms with Crippen molar-refractivity contribution < 1.29 is 18.0 Å². The Kier molecular flexibility index (Phi) is 2.75. The van der Waals surface area contributed by atoms with Crippen molar-refractivity contribution in [2.75, 3.05) is 5.73 Å². The predicted molar refractivity (Wildman–Crippen MR) is 50.6 cm³/mol. The molecule has 1 aromatic carbocycles. The van der Waals surface area contributed by atoms with Gasteiger partial charge in [-0.2, -0.15) is 13.2 Å². The Morgan fingerprint density at radius 2 is 1.87 bits per heavy atom. The second kappa shape index (κ2) is 3.56. The molecule has 0 aliphatic rings. The van der Waals surface area contributed by atoms with Crippen LogP contribution in [0, 0.1) is 6.92 Å². The number of nitrogens with two attached hydrogens (primary N) is 1. The Labute approximate surface area is 84.9 Å². The maximum atomic E-state index is 12.6. The van der Waals surface area contributed by atoms with Crippen molar-refractivity contribution in [3.63, 3.8) is 0 Å². The minimum atomic E-state index is -4.55. The van der Waals surface area contributed by atoms with E-state index in [-0.39, 0.29) is 5.69 Å². The number of anilines is 1. The number of carbonyl (C=O) groups excluding carboxylic acids is 1. The van der Waals surface area contributed by atoms with E-state index in [9.17, 15) is 18.0 Å². The standard InChI is InChI=1S/C10H10F3NO/c1-5-3-7(10(11,12)13)9(6(2)15)8(14)4-5/h3-4H,14H2,1-2H3. The minimum Gasteiger partial charge on any atom is -0.398 e. The number of aryl methyl sites for hydroxylation is 1. The lowest BCUT2D eigenvalue weighted by molar-refractivity contribution is -0.137. The molecule has 0 radical (unpaired) electrons. The SMILES string of the molecule is CC(=O)c1c(N)cc(C)cc1C(F)(F)F. The first-order chi connectivity index (χ1) is 6.73. The number of halogens is 3. The molecule has 1 rings (SSSR count). The molecule has 0 unspecified atom stereocenters. The van der Waals surface area contributed by atoms with Gasteiger partial charge in [0.25, 0.3) is 0 Å². The molecule has 15 heavy (non-hydrogen) atoms. The van der Waals surface area contributed by atoms with Crippen LogP contribution in [0.1, 0.15) is 28.4 Å². The van der Waals surface area contributed by atoms with Crippen LogP contribution in [0.25, 0.3) is 0 Å². The van der Waals surface area contributed by atoms with E-state index >= 15 is 0 Å². The molecular formula is C10H10F3NO. The molecule has 1 aromatic rings. The Hall–Kier alpha value is -1.52. The molecule has 0 heterocycles. The molecule has 5 heteroatoms. The van der Waals surface area contributed by atoms with E-state index in [0.29, 0.717) is 5.56 Å². The van der Waals surface area contributed by atoms with Crippen molar-refractivity contribution in [1.82, 2.24) is 0 Å². The van der Waals surface area contributed by atoms with Gasteiger partial charge in [-0.1, -0.05) is 0 Å². The van der Waals surface area contributed by atoms with Gasteiger partial charge in [0.05, 0.1) is 11.1 Å². The van der Waals surface area contributed by atoms with Crippen LogP contribution < -0.4 is 5.73 Å². The van der Waals surface area contributed by atoms with Crippen LogP contribution in [0.2, 0.25) is 0 Å². The molecule has 0 aromatic heterocycles. The van der Waals surface area contributed by atoms with Gasteiger partial charge in [0.15, 0.2) is 5.78 Å². The fraction of sp³-hybridized carbons (Fsp3) is 0.300. The van der Waals surface area contributed by atoms with Crippen molar-refractivity contribution in [1.29, 1.82) is 0 Å². The van der Waals surface area contributed by atoms with Gasteiger partial charge in [0, 0.05) is 5.69 Å². The Morgan fingerprint density at radius 1 is 1.33 bits per heavy atom. The van der Waals surface area contributed by atoms with Gasteiger partial charge < -0.3 is 5.73 Å². The van der Waals surface area contributed by atoms with Crippen LogP contribution in [0.5, 0.6) is 0 Å². The topological polar surface area (TPSA) is 43.1 Å². The third-order valence-corrected chi connectivity index (χ3v) is 1.97. The quantitative estimate of drug-likeness (QED) is 0.580. The zero-order chi connectivity index (χ0) is 11.8. The second-order valence-electron chi connectivity index (χ2n) is 3.33. The number of nitrogen functional groups attached to an aromatic ring is 1. The molecule has 0 aliphatic carbocycles. The van der Waals surface area contributed by atoms with E-state index in [2.05, 4.69) is 0 Å². The largest absolute Gasteiger partial charge is 0.417 e. The van der Waals surface area contributed by atoms with Gasteiger partial charge in [0.1, 0.15) is 0 Å². The molecule has 0 spiro atoms. The first-order valence-electron chi connectivity index (χ1n) is 4.21. The van der Waals surface area contributed by atoms with Crippen LogP contribution >= 0.6 is 0 Å². The summed E-state index contributed by atoms with van der Waals surface area (Å²) < 4.78 is 37.7. The summed E-state index contributed by atoms with van der Waals surface area (Å²) in [6.07, 6.45) is -4.55. The normalized spacial score (nSPS) is 11.5. The molecule has 2 N–H and O–H groups in total. The average Bonchev–Trinajstić information content (AvgIpc) is 1.99. The summed E-state index contributed by atoms with van der Waals surface area (Å²) in [5, 5.41) is 0. The first kappa shape index (κ1) is 11.6. The molecule has 0 bridgehead atoms. The summed E-state index contributed by atoms with van der Waals surface area (Å²) in [6.45, 7) is 2.56. The van der Waals surface area contributed by atoms with Crippen LogP contribution in [0.4, 0.5) is 18.9 Å². The zero-order valence-corrected chi connectivity index (χ0v) is 8.27. The summed E-state index contributed by atoms with van der Waals surface area (Å²) in [4.78, 5) is 11.1. The average molecular weight is 217 g/mol. The van der Waals surface area contributed by atoms with E-state index in [1.165, 1.54) is 13.0 Å². The molecular weight excluding hydrogens is 207 g/mol. The van der Waals surface area contributed by atoms with E-state index in [1.54, 1.807) is 0 Å². The van der Waals surface area contributed by atoms with Gasteiger partial charge in [-0.25, -0.2) is 0 Å². The van der Waals surface area contributed by atoms with Crippen molar-refractivity contribution in [2.45, 2.75) is 20.0 Å². The van der Waals surface area contributed by atoms with Crippen molar-refractivity contribution in [2.24, 2.45) is 0 Å². The highest BCUT2D eigenvalue weighted by Gasteiger charge is 2.35. The minimum absolute atomic E-state index is 0.130. The van der Waals surface area contributed by atoms with E-state index in [1.807, 2.05) is 0 Å². The Morgan fingerprint density at radius 3 is 2.27 bits per heavy atom. The van der Waals surface area contributed by atoms with Gasteiger partial charge in [-0.15, -0.1) is 0 Å². The van der Waals surface area contributed by atoms with Crippen molar-refractivity contribution in [3.8, 4) is 0 Å². The zero-order valence-electron chi connectivity index (χ0n) is 8.27. The monoisotopic (exact) mass is 217 g/mol. The maximum Gasteiger partial charge on any atom is 0.417 e. The third-order valence-electron chi connectivity index (χ3n) is 1.97. The highest BCUT2D eigenvalue weighted by atomic mass is 19.4. The lowest BCUT2D eigenvalue weighted by atomic mass is 9.99. The summed E-state index contributed by atoms with van der Waals surface area (Å²) in [7, 11) is 0. The van der Waals surface area contributed by atoms with Crippen LogP contribution in [0.3, 0.4) is 0 Å². The highest BCUT2D eigenvalue weighted by molar-refractivity contribution is 6.00. The van der Waals surface area contributed by atoms with E-state index in [0.717, 1.165) is 13.0 Å². The predicted octanol–water partition coefficient (Wildman–Crippen LogP) is 2.80. The number of alkyl halides is 3. The van der Waals surface area contributed by atoms with E-state index < -0.39 is 23.1 Å². The Balaban J connectivity index is 3.54. The second-order valence-corrected chi connectivity index (χ2v) is 3.33. The summed E-state index contributed by atoms with van der Waals surface area (Å²) >= 11 is 0. The van der Waals surface area contributed by atoms with Crippen LogP contribution in [-0.4, -0.2) is 5.78 Å². The maximum absolute atomic E-state index is 12.6. The smallest absolute Gasteiger partial charge is 0.398 e. The number of carbonyl (C=O) groups is 1. The first-order valence-corrected chi connectivity index (χ1v) is 4.21. The number of rotatable bonds is 1. The molecule has 0 saturated carbocycles. The van der Waals surface area contributed by atoms with Crippen molar-refractivity contribution >= 4 is 11.5 Å².